The Labute approximate surface area is 115 Å². The third kappa shape index (κ3) is 3.68. The molecule has 0 aromatic heterocycles. The largest absolute Gasteiger partial charge is 0.294 e. The van der Waals surface area contributed by atoms with E-state index in [1.807, 2.05) is 33.1 Å². The second kappa shape index (κ2) is 5.36. The van der Waals surface area contributed by atoms with Gasteiger partial charge in [-0.2, -0.15) is 0 Å². The van der Waals surface area contributed by atoms with Crippen molar-refractivity contribution in [2.45, 2.75) is 27.7 Å². The Kier molecular flexibility index (Phi) is 4.55. The summed E-state index contributed by atoms with van der Waals surface area (Å²) in [5.41, 5.74) is 1.02. The topological polar surface area (TPSA) is 29.4 Å². The van der Waals surface area contributed by atoms with Crippen LogP contribution in [0.4, 0.5) is 0 Å². The summed E-state index contributed by atoms with van der Waals surface area (Å²) in [7, 11) is 0. The summed E-state index contributed by atoms with van der Waals surface area (Å²) in [5, 5.41) is 2.63. The van der Waals surface area contributed by atoms with Gasteiger partial charge in [-0.05, 0) is 12.3 Å². The van der Waals surface area contributed by atoms with Gasteiger partial charge in [0.1, 0.15) is 5.04 Å². The van der Waals surface area contributed by atoms with E-state index < -0.39 is 0 Å². The summed E-state index contributed by atoms with van der Waals surface area (Å²) in [4.78, 5) is 16.4. The van der Waals surface area contributed by atoms with Crippen LogP contribution >= 0.6 is 27.7 Å². The Hall–Kier alpha value is -0.610. The molecule has 0 aliphatic carbocycles. The molecule has 17 heavy (non-hydrogen) atoms. The van der Waals surface area contributed by atoms with Crippen molar-refractivity contribution in [2.24, 2.45) is 10.4 Å². The zero-order valence-corrected chi connectivity index (χ0v) is 12.9. The molecule has 1 heterocycles. The van der Waals surface area contributed by atoms with Crippen molar-refractivity contribution in [1.29, 1.82) is 0 Å². The van der Waals surface area contributed by atoms with Gasteiger partial charge in [0.05, 0.1) is 0 Å². The first-order chi connectivity index (χ1) is 7.73. The van der Waals surface area contributed by atoms with E-state index in [0.29, 0.717) is 5.57 Å². The highest BCUT2D eigenvalue weighted by Crippen LogP contribution is 2.34. The highest BCUT2D eigenvalue weighted by atomic mass is 79.9. The van der Waals surface area contributed by atoms with Gasteiger partial charge in [-0.3, -0.25) is 4.79 Å². The smallest absolute Gasteiger partial charge is 0.169 e. The average Bonchev–Trinajstić information content (AvgIpc) is 2.54. The summed E-state index contributed by atoms with van der Waals surface area (Å²) >= 11 is 4.76. The molecular weight excluding hydrogens is 298 g/mol. The molecule has 0 aromatic rings. The molecule has 2 nitrogen and oxygen atoms in total. The van der Waals surface area contributed by atoms with Crippen molar-refractivity contribution in [2.75, 3.05) is 0 Å². The van der Waals surface area contributed by atoms with Crippen LogP contribution in [0.3, 0.4) is 0 Å². The second-order valence-electron chi connectivity index (χ2n) is 4.86. The van der Waals surface area contributed by atoms with Crippen LogP contribution in [0.1, 0.15) is 27.7 Å². The monoisotopic (exact) mass is 313 g/mol. The van der Waals surface area contributed by atoms with E-state index in [1.165, 1.54) is 11.8 Å². The van der Waals surface area contributed by atoms with Crippen LogP contribution in [-0.4, -0.2) is 10.8 Å². The fourth-order valence-electron chi connectivity index (χ4n) is 1.22. The molecule has 0 amide bonds. The molecule has 0 bridgehead atoms. The van der Waals surface area contributed by atoms with Gasteiger partial charge in [-0.15, -0.1) is 0 Å². The van der Waals surface area contributed by atoms with Gasteiger partial charge in [-0.25, -0.2) is 4.99 Å². The van der Waals surface area contributed by atoms with Crippen LogP contribution in [0.2, 0.25) is 0 Å². The number of carbonyl (C=O) groups excluding carboxylic acids is 1. The lowest BCUT2D eigenvalue weighted by Gasteiger charge is -2.17. The van der Waals surface area contributed by atoms with Crippen molar-refractivity contribution >= 4 is 38.5 Å². The first-order valence-electron chi connectivity index (χ1n) is 5.25. The molecule has 0 saturated heterocycles. The first kappa shape index (κ1) is 14.5. The third-order valence-electron chi connectivity index (χ3n) is 2.16. The summed E-state index contributed by atoms with van der Waals surface area (Å²) < 4.78 is 0.939. The molecule has 0 N–H and O–H groups in total. The number of hydrogen-bond acceptors (Lipinski definition) is 3. The molecule has 0 fully saturated rings. The molecule has 0 saturated carbocycles. The highest BCUT2D eigenvalue weighted by Gasteiger charge is 2.30. The van der Waals surface area contributed by atoms with E-state index in [4.69, 9.17) is 0 Å². The molecule has 4 heteroatoms. The van der Waals surface area contributed by atoms with E-state index in [1.54, 1.807) is 6.20 Å². The van der Waals surface area contributed by atoms with Crippen molar-refractivity contribution < 1.29 is 4.79 Å². The number of Topliss-reactive ketones (excluding diaryl/α,β-unsaturated/α-hetero) is 1. The Morgan fingerprint density at radius 3 is 2.59 bits per heavy atom. The van der Waals surface area contributed by atoms with Crippen LogP contribution in [0, 0.1) is 5.41 Å². The standard InChI is InChI=1S/C13H16BrNOS/c1-8(14)6-15-12-9(2)10(7-17-12)11(16)13(3,4)5/h6-7H,2H2,1,3-5H3/b8-6+,15-12?. The van der Waals surface area contributed by atoms with Crippen LogP contribution < -0.4 is 0 Å². The summed E-state index contributed by atoms with van der Waals surface area (Å²) in [6.07, 6.45) is 1.71. The lowest BCUT2D eigenvalue weighted by Crippen LogP contribution is -2.22. The number of aliphatic imine (C=N–C) groups is 1. The zero-order chi connectivity index (χ0) is 13.2. The quantitative estimate of drug-likeness (QED) is 0.754. The van der Waals surface area contributed by atoms with Crippen LogP contribution in [0.15, 0.2) is 38.8 Å². The van der Waals surface area contributed by atoms with Crippen molar-refractivity contribution in [3.63, 3.8) is 0 Å². The molecule has 92 valence electrons. The Morgan fingerprint density at radius 2 is 2.12 bits per heavy atom. The van der Waals surface area contributed by atoms with Gasteiger partial charge in [-0.1, -0.05) is 55.0 Å². The highest BCUT2D eigenvalue weighted by molar-refractivity contribution is 9.11. The zero-order valence-electron chi connectivity index (χ0n) is 10.5. The van der Waals surface area contributed by atoms with E-state index in [9.17, 15) is 4.79 Å². The molecule has 0 radical (unpaired) electrons. The maximum atomic E-state index is 12.1. The number of nitrogens with zero attached hydrogens (tertiary/aromatic N) is 1. The summed E-state index contributed by atoms with van der Waals surface area (Å²) in [6.45, 7) is 11.6. The van der Waals surface area contributed by atoms with Gasteiger partial charge in [0.25, 0.3) is 0 Å². The normalized spacial score (nSPS) is 19.8. The fourth-order valence-corrected chi connectivity index (χ4v) is 2.17. The lowest BCUT2D eigenvalue weighted by atomic mass is 9.85. The number of carbonyl (C=O) groups is 1. The molecule has 1 aliphatic rings. The maximum absolute atomic E-state index is 12.1. The van der Waals surface area contributed by atoms with Crippen LogP contribution in [-0.2, 0) is 4.79 Å². The second-order valence-corrected chi connectivity index (χ2v) is 6.97. The fraction of sp³-hybridized carbons (Fsp3) is 0.385. The van der Waals surface area contributed by atoms with Crippen LogP contribution in [0.5, 0.6) is 0 Å². The van der Waals surface area contributed by atoms with Gasteiger partial charge < -0.3 is 0 Å². The number of ketones is 1. The van der Waals surface area contributed by atoms with E-state index in [2.05, 4.69) is 27.5 Å². The molecule has 0 unspecified atom stereocenters. The number of allylic oxidation sites excluding steroid dienone is 2. The predicted molar refractivity (Wildman–Crippen MR) is 79.4 cm³/mol. The molecule has 1 rings (SSSR count). The van der Waals surface area contributed by atoms with Crippen LogP contribution in [0.25, 0.3) is 0 Å². The minimum absolute atomic E-state index is 0.111. The van der Waals surface area contributed by atoms with Gasteiger partial charge in [0, 0.05) is 27.2 Å². The number of thioether (sulfide) groups is 1. The summed E-state index contributed by atoms with van der Waals surface area (Å²) in [5.74, 6) is 0.111. The molecular formula is C13H16BrNOS. The van der Waals surface area contributed by atoms with Crippen molar-refractivity contribution in [3.8, 4) is 0 Å². The lowest BCUT2D eigenvalue weighted by molar-refractivity contribution is -0.122. The average molecular weight is 314 g/mol. The molecule has 1 aliphatic heterocycles. The van der Waals surface area contributed by atoms with Crippen molar-refractivity contribution in [3.05, 3.63) is 33.8 Å². The maximum Gasteiger partial charge on any atom is 0.169 e. The minimum Gasteiger partial charge on any atom is -0.294 e. The molecule has 0 spiro atoms. The molecule has 0 atom stereocenters. The Bertz CT molecular complexity index is 449. The van der Waals surface area contributed by atoms with E-state index in [-0.39, 0.29) is 11.2 Å². The SMILES string of the molecule is C=C1C(C(=O)C(C)(C)C)=CSC1=N/C=C(\C)Br. The van der Waals surface area contributed by atoms with E-state index >= 15 is 0 Å². The minimum atomic E-state index is -0.383. The first-order valence-corrected chi connectivity index (χ1v) is 6.92. The summed E-state index contributed by atoms with van der Waals surface area (Å²) in [6, 6.07) is 0. The van der Waals surface area contributed by atoms with Crippen molar-refractivity contribution in [1.82, 2.24) is 0 Å². The number of halogens is 1. The number of rotatable bonds is 2. The Morgan fingerprint density at radius 1 is 1.53 bits per heavy atom. The Balaban J connectivity index is 2.91. The predicted octanol–water partition coefficient (Wildman–Crippen LogP) is 4.44. The molecule has 0 aromatic carbocycles. The number of hydrogen-bond donors (Lipinski definition) is 0. The van der Waals surface area contributed by atoms with Gasteiger partial charge in [0.2, 0.25) is 0 Å². The van der Waals surface area contributed by atoms with Gasteiger partial charge in [0.15, 0.2) is 5.78 Å². The van der Waals surface area contributed by atoms with Gasteiger partial charge >= 0.3 is 0 Å². The van der Waals surface area contributed by atoms with E-state index in [0.717, 1.165) is 15.1 Å². The third-order valence-corrected chi connectivity index (χ3v) is 3.29.